The van der Waals surface area contributed by atoms with Crippen molar-refractivity contribution >= 4 is 15.9 Å². The Morgan fingerprint density at radius 1 is 0.882 bits per heavy atom. The molecule has 2 aromatic rings. The van der Waals surface area contributed by atoms with Crippen LogP contribution in [0.5, 0.6) is 0 Å². The average Bonchev–Trinajstić information content (AvgIpc) is 2.40. The first kappa shape index (κ1) is 10.3. The van der Waals surface area contributed by atoms with Crippen molar-refractivity contribution in [3.8, 4) is 0 Å². The second-order valence-corrected chi connectivity index (χ2v) is 5.28. The summed E-state index contributed by atoms with van der Waals surface area (Å²) in [5.41, 5.74) is 0.581. The third-order valence-corrected chi connectivity index (χ3v) is 3.58. The SMILES string of the molecule is [2H]/C(=C\S(=O)(=O)c1ccccc1)c1ccccc1. The Kier molecular flexibility index (Phi) is 3.01. The molecule has 0 heterocycles. The molecular formula is C14H12O2S. The maximum absolute atomic E-state index is 12.0. The Morgan fingerprint density at radius 3 is 2.00 bits per heavy atom. The Labute approximate surface area is 103 Å². The van der Waals surface area contributed by atoms with Crippen molar-refractivity contribution in [2.24, 2.45) is 0 Å². The number of rotatable bonds is 3. The van der Waals surface area contributed by atoms with Gasteiger partial charge in [-0.25, -0.2) is 8.42 Å². The molecular weight excluding hydrogens is 232 g/mol. The normalized spacial score (nSPS) is 13.2. The second kappa shape index (κ2) is 4.97. The molecule has 2 rings (SSSR count). The van der Waals surface area contributed by atoms with Crippen LogP contribution in [-0.2, 0) is 9.84 Å². The van der Waals surface area contributed by atoms with Gasteiger partial charge in [0, 0.05) is 5.41 Å². The molecule has 0 bridgehead atoms. The third kappa shape index (κ3) is 3.04. The molecule has 0 spiro atoms. The fourth-order valence-electron chi connectivity index (χ4n) is 1.36. The zero-order valence-electron chi connectivity index (χ0n) is 10.1. The molecule has 0 fully saturated rings. The molecule has 0 radical (unpaired) electrons. The predicted octanol–water partition coefficient (Wildman–Crippen LogP) is 3.13. The molecule has 0 aromatic heterocycles. The van der Waals surface area contributed by atoms with E-state index in [9.17, 15) is 8.42 Å². The fourth-order valence-corrected chi connectivity index (χ4v) is 2.32. The van der Waals surface area contributed by atoms with E-state index in [0.29, 0.717) is 5.56 Å². The van der Waals surface area contributed by atoms with Crippen molar-refractivity contribution < 1.29 is 9.79 Å². The summed E-state index contributed by atoms with van der Waals surface area (Å²) >= 11 is 0. The number of benzene rings is 2. The number of sulfone groups is 1. The first-order valence-corrected chi connectivity index (χ1v) is 6.68. The number of hydrogen-bond donors (Lipinski definition) is 0. The fraction of sp³-hybridized carbons (Fsp3) is 0. The highest BCUT2D eigenvalue weighted by atomic mass is 32.2. The molecule has 0 N–H and O–H groups in total. The van der Waals surface area contributed by atoms with Gasteiger partial charge in [-0.15, -0.1) is 0 Å². The zero-order valence-corrected chi connectivity index (χ0v) is 9.89. The molecule has 3 heteroatoms. The van der Waals surface area contributed by atoms with E-state index in [2.05, 4.69) is 0 Å². The van der Waals surface area contributed by atoms with Crippen LogP contribution in [0.1, 0.15) is 6.93 Å². The highest BCUT2D eigenvalue weighted by Gasteiger charge is 2.08. The molecule has 2 nitrogen and oxygen atoms in total. The van der Waals surface area contributed by atoms with Crippen LogP contribution in [0.2, 0.25) is 0 Å². The van der Waals surface area contributed by atoms with Crippen molar-refractivity contribution in [3.05, 3.63) is 71.6 Å². The van der Waals surface area contributed by atoms with Crippen LogP contribution < -0.4 is 0 Å². The van der Waals surface area contributed by atoms with Crippen molar-refractivity contribution in [1.82, 2.24) is 0 Å². The lowest BCUT2D eigenvalue weighted by molar-refractivity contribution is 0.605. The van der Waals surface area contributed by atoms with Gasteiger partial charge >= 0.3 is 0 Å². The highest BCUT2D eigenvalue weighted by molar-refractivity contribution is 7.94. The molecule has 17 heavy (non-hydrogen) atoms. The maximum Gasteiger partial charge on any atom is 0.199 e. The summed E-state index contributed by atoms with van der Waals surface area (Å²) in [4.78, 5) is 0.200. The van der Waals surface area contributed by atoms with E-state index in [-0.39, 0.29) is 10.9 Å². The van der Waals surface area contributed by atoms with Gasteiger partial charge in [0.1, 0.15) is 0 Å². The standard InChI is InChI=1S/C14H12O2S/c15-17(16,14-9-5-2-6-10-14)12-11-13-7-3-1-4-8-13/h1-12H/b12-11+/i11D. The molecule has 2 aromatic carbocycles. The van der Waals surface area contributed by atoms with Crippen LogP contribution in [-0.4, -0.2) is 8.42 Å². The topological polar surface area (TPSA) is 34.1 Å². The minimum absolute atomic E-state index is 0.0144. The lowest BCUT2D eigenvalue weighted by atomic mass is 10.2. The van der Waals surface area contributed by atoms with Crippen LogP contribution in [0, 0.1) is 0 Å². The minimum atomic E-state index is -3.56. The summed E-state index contributed by atoms with van der Waals surface area (Å²) < 4.78 is 31.8. The van der Waals surface area contributed by atoms with E-state index in [0.717, 1.165) is 5.41 Å². The summed E-state index contributed by atoms with van der Waals surface area (Å²) in [5.74, 6) is 0. The van der Waals surface area contributed by atoms with Gasteiger partial charge in [0.05, 0.1) is 6.27 Å². The monoisotopic (exact) mass is 245 g/mol. The van der Waals surface area contributed by atoms with E-state index >= 15 is 0 Å². The largest absolute Gasteiger partial charge is 0.219 e. The molecule has 0 atom stereocenters. The van der Waals surface area contributed by atoms with Gasteiger partial charge in [-0.3, -0.25) is 0 Å². The average molecular weight is 245 g/mol. The summed E-state index contributed by atoms with van der Waals surface area (Å²) in [6, 6.07) is 16.9. The summed E-state index contributed by atoms with van der Waals surface area (Å²) in [7, 11) is -3.56. The third-order valence-electron chi connectivity index (χ3n) is 2.23. The van der Waals surface area contributed by atoms with Gasteiger partial charge in [-0.2, -0.15) is 0 Å². The van der Waals surface area contributed by atoms with E-state index < -0.39 is 9.84 Å². The quantitative estimate of drug-likeness (QED) is 0.832. The van der Waals surface area contributed by atoms with Crippen LogP contribution in [0.4, 0.5) is 0 Å². The first-order valence-electron chi connectivity index (χ1n) is 5.63. The molecule has 0 aliphatic heterocycles. The van der Waals surface area contributed by atoms with E-state index in [1.165, 1.54) is 12.1 Å². The Balaban J connectivity index is 2.39. The van der Waals surface area contributed by atoms with Gasteiger partial charge in [0.25, 0.3) is 0 Å². The second-order valence-electron chi connectivity index (χ2n) is 3.49. The van der Waals surface area contributed by atoms with Crippen molar-refractivity contribution in [2.45, 2.75) is 4.90 Å². The molecule has 0 aliphatic rings. The maximum atomic E-state index is 12.0. The lowest BCUT2D eigenvalue weighted by Crippen LogP contribution is -1.95. The summed E-state index contributed by atoms with van der Waals surface area (Å²) in [6.45, 7) is 0. The molecule has 0 unspecified atom stereocenters. The Bertz CT molecular complexity index is 647. The van der Waals surface area contributed by atoms with Crippen molar-refractivity contribution in [3.63, 3.8) is 0 Å². The van der Waals surface area contributed by atoms with E-state index in [1.807, 2.05) is 6.07 Å². The molecule has 86 valence electrons. The van der Waals surface area contributed by atoms with Crippen LogP contribution in [0.25, 0.3) is 6.05 Å². The number of hydrogen-bond acceptors (Lipinski definition) is 2. The van der Waals surface area contributed by atoms with Gasteiger partial charge in [-0.1, -0.05) is 48.5 Å². The molecule has 0 saturated carbocycles. The zero-order chi connectivity index (χ0) is 13.0. The van der Waals surface area contributed by atoms with Gasteiger partial charge in [0.15, 0.2) is 9.84 Å². The Hall–Kier alpha value is -1.87. The van der Waals surface area contributed by atoms with Crippen LogP contribution in [0.15, 0.2) is 71.0 Å². The molecule has 0 aliphatic carbocycles. The first-order chi connectivity index (χ1) is 8.59. The smallest absolute Gasteiger partial charge is 0.199 e. The highest BCUT2D eigenvalue weighted by Crippen LogP contribution is 2.13. The summed E-state index contributed by atoms with van der Waals surface area (Å²) in [5, 5.41) is 0.984. The van der Waals surface area contributed by atoms with E-state index in [4.69, 9.17) is 1.37 Å². The van der Waals surface area contributed by atoms with E-state index in [1.54, 1.807) is 42.5 Å². The van der Waals surface area contributed by atoms with Gasteiger partial charge < -0.3 is 0 Å². The Morgan fingerprint density at radius 2 is 1.41 bits per heavy atom. The van der Waals surface area contributed by atoms with Crippen molar-refractivity contribution in [2.75, 3.05) is 0 Å². The van der Waals surface area contributed by atoms with Crippen LogP contribution in [0.3, 0.4) is 0 Å². The van der Waals surface area contributed by atoms with Gasteiger partial charge in [0.2, 0.25) is 0 Å². The minimum Gasteiger partial charge on any atom is -0.219 e. The van der Waals surface area contributed by atoms with Gasteiger partial charge in [-0.05, 0) is 23.7 Å². The van der Waals surface area contributed by atoms with Crippen LogP contribution >= 0.6 is 0 Å². The van der Waals surface area contributed by atoms with Crippen molar-refractivity contribution in [1.29, 1.82) is 0 Å². The summed E-state index contributed by atoms with van der Waals surface area (Å²) in [6.07, 6.45) is 0. The lowest BCUT2D eigenvalue weighted by Gasteiger charge is -1.97. The molecule has 0 amide bonds. The predicted molar refractivity (Wildman–Crippen MR) is 69.1 cm³/mol. The molecule has 0 saturated heterocycles.